The number of fused-ring (bicyclic) bond motifs is 1. The molecule has 6 heteroatoms. The molecular weight excluding hydrogens is 407 g/mol. The van der Waals surface area contributed by atoms with E-state index in [-0.39, 0.29) is 0 Å². The Kier molecular flexibility index (Phi) is 6.89. The molecule has 0 radical (unpaired) electrons. The Morgan fingerprint density at radius 1 is 1.17 bits per heavy atom. The zero-order valence-corrected chi connectivity index (χ0v) is 18.4. The van der Waals surface area contributed by atoms with Gasteiger partial charge in [0.05, 0.1) is 0 Å². The summed E-state index contributed by atoms with van der Waals surface area (Å²) in [7, 11) is 0. The van der Waals surface area contributed by atoms with E-state index in [1.54, 1.807) is 6.07 Å². The van der Waals surface area contributed by atoms with Gasteiger partial charge in [0, 0.05) is 39.7 Å². The van der Waals surface area contributed by atoms with Gasteiger partial charge in [-0.1, -0.05) is 61.3 Å². The molecule has 0 aliphatic heterocycles. The highest BCUT2D eigenvalue weighted by Crippen LogP contribution is 2.29. The molecule has 29 heavy (non-hydrogen) atoms. The molecule has 0 bridgehead atoms. The average molecular weight is 433 g/mol. The smallest absolute Gasteiger partial charge is 0.320 e. The van der Waals surface area contributed by atoms with E-state index in [4.69, 9.17) is 23.2 Å². The Balaban J connectivity index is 1.95. The molecule has 1 aromatic heterocycles. The fourth-order valence-corrected chi connectivity index (χ4v) is 4.19. The lowest BCUT2D eigenvalue weighted by Crippen LogP contribution is -2.37. The molecule has 2 aromatic carbocycles. The third-order valence-electron chi connectivity index (χ3n) is 5.24. The molecule has 1 atom stereocenters. The van der Waals surface area contributed by atoms with E-state index in [1.165, 1.54) is 0 Å². The van der Waals surface area contributed by atoms with Gasteiger partial charge < -0.3 is 15.0 Å². The van der Waals surface area contributed by atoms with E-state index in [9.17, 15) is 9.90 Å². The summed E-state index contributed by atoms with van der Waals surface area (Å²) in [6.07, 6.45) is 0.591. The normalized spacial score (nSPS) is 12.6. The van der Waals surface area contributed by atoms with E-state index in [1.807, 2.05) is 38.1 Å². The molecule has 2 N–H and O–H groups in total. The van der Waals surface area contributed by atoms with Crippen molar-refractivity contribution in [3.8, 4) is 0 Å². The second kappa shape index (κ2) is 9.21. The number of rotatable bonds is 8. The standard InChI is InChI=1S/C23H26Cl2N2O2/c1-14(2)10-21(23(28)29)26-12-19-15(3)27(22-7-5-4-6-18(19)22)13-16-8-9-17(24)11-20(16)25/h4-9,11,14,21,26H,10,12-13H2,1-3H3,(H,28,29). The second-order valence-corrected chi connectivity index (χ2v) is 8.65. The van der Waals surface area contributed by atoms with Crippen LogP contribution in [0.2, 0.25) is 10.0 Å². The van der Waals surface area contributed by atoms with E-state index < -0.39 is 12.0 Å². The maximum Gasteiger partial charge on any atom is 0.320 e. The number of hydrogen-bond donors (Lipinski definition) is 2. The Morgan fingerprint density at radius 3 is 2.55 bits per heavy atom. The van der Waals surface area contributed by atoms with Crippen molar-refractivity contribution in [2.45, 2.75) is 46.3 Å². The van der Waals surface area contributed by atoms with Gasteiger partial charge in [-0.3, -0.25) is 4.79 Å². The molecular formula is C23H26Cl2N2O2. The summed E-state index contributed by atoms with van der Waals surface area (Å²) in [6.45, 7) is 7.25. The minimum absolute atomic E-state index is 0.304. The van der Waals surface area contributed by atoms with Gasteiger partial charge in [0.15, 0.2) is 0 Å². The van der Waals surface area contributed by atoms with E-state index >= 15 is 0 Å². The van der Waals surface area contributed by atoms with Crippen molar-refractivity contribution in [3.63, 3.8) is 0 Å². The van der Waals surface area contributed by atoms with Crippen LogP contribution in [0.3, 0.4) is 0 Å². The van der Waals surface area contributed by atoms with Crippen molar-refractivity contribution < 1.29 is 9.90 Å². The Morgan fingerprint density at radius 2 is 1.90 bits per heavy atom. The minimum atomic E-state index is -0.812. The number of benzene rings is 2. The topological polar surface area (TPSA) is 54.3 Å². The third kappa shape index (κ3) is 4.95. The largest absolute Gasteiger partial charge is 0.480 e. The predicted molar refractivity (Wildman–Crippen MR) is 120 cm³/mol. The number of carboxylic acid groups (broad SMARTS) is 1. The number of nitrogens with one attached hydrogen (secondary N) is 1. The zero-order chi connectivity index (χ0) is 21.1. The molecule has 0 spiro atoms. The van der Waals surface area contributed by atoms with E-state index in [0.29, 0.717) is 35.5 Å². The van der Waals surface area contributed by atoms with Crippen molar-refractivity contribution in [2.75, 3.05) is 0 Å². The van der Waals surface area contributed by atoms with Gasteiger partial charge in [-0.15, -0.1) is 0 Å². The summed E-state index contributed by atoms with van der Waals surface area (Å²) >= 11 is 12.4. The molecule has 0 aliphatic carbocycles. The number of aromatic nitrogens is 1. The fourth-order valence-electron chi connectivity index (χ4n) is 3.72. The molecule has 3 aromatic rings. The van der Waals surface area contributed by atoms with E-state index in [0.717, 1.165) is 27.7 Å². The third-order valence-corrected chi connectivity index (χ3v) is 5.82. The van der Waals surface area contributed by atoms with Crippen LogP contribution in [0, 0.1) is 12.8 Å². The van der Waals surface area contributed by atoms with Crippen molar-refractivity contribution in [1.29, 1.82) is 0 Å². The summed E-state index contributed by atoms with van der Waals surface area (Å²) in [5, 5.41) is 15.2. The highest BCUT2D eigenvalue weighted by Gasteiger charge is 2.21. The first-order valence-corrected chi connectivity index (χ1v) is 10.5. The van der Waals surface area contributed by atoms with Gasteiger partial charge in [0.1, 0.15) is 6.04 Å². The van der Waals surface area contributed by atoms with Gasteiger partial charge in [-0.25, -0.2) is 0 Å². The molecule has 3 rings (SSSR count). The van der Waals surface area contributed by atoms with E-state index in [2.05, 4.69) is 28.9 Å². The summed E-state index contributed by atoms with van der Waals surface area (Å²) < 4.78 is 2.22. The van der Waals surface area contributed by atoms with Gasteiger partial charge in [-0.2, -0.15) is 0 Å². The van der Waals surface area contributed by atoms with Gasteiger partial charge in [-0.05, 0) is 48.6 Å². The van der Waals surface area contributed by atoms with Crippen LogP contribution in [0.4, 0.5) is 0 Å². The molecule has 154 valence electrons. The monoisotopic (exact) mass is 432 g/mol. The molecule has 0 aliphatic rings. The fraction of sp³-hybridized carbons (Fsp3) is 0.348. The SMILES string of the molecule is Cc1c(CNC(CC(C)C)C(=O)O)c2ccccc2n1Cc1ccc(Cl)cc1Cl. The summed E-state index contributed by atoms with van der Waals surface area (Å²) in [6, 6.07) is 13.2. The molecule has 0 amide bonds. The van der Waals surface area contributed by atoms with Crippen molar-refractivity contribution in [3.05, 3.63) is 69.3 Å². The van der Waals surface area contributed by atoms with Gasteiger partial charge in [0.2, 0.25) is 0 Å². The highest BCUT2D eigenvalue weighted by molar-refractivity contribution is 6.35. The highest BCUT2D eigenvalue weighted by atomic mass is 35.5. The van der Waals surface area contributed by atoms with Crippen LogP contribution < -0.4 is 5.32 Å². The van der Waals surface area contributed by atoms with Crippen molar-refractivity contribution >= 4 is 40.1 Å². The van der Waals surface area contributed by atoms with Crippen molar-refractivity contribution in [1.82, 2.24) is 9.88 Å². The lowest BCUT2D eigenvalue weighted by Gasteiger charge is -2.17. The number of aliphatic carboxylic acids is 1. The number of carbonyl (C=O) groups is 1. The van der Waals surface area contributed by atoms with Crippen LogP contribution in [0.5, 0.6) is 0 Å². The summed E-state index contributed by atoms with van der Waals surface area (Å²) in [5.41, 5.74) is 4.30. The first-order valence-electron chi connectivity index (χ1n) is 9.74. The maximum atomic E-state index is 11.6. The summed E-state index contributed by atoms with van der Waals surface area (Å²) in [5.74, 6) is -0.508. The van der Waals surface area contributed by atoms with Crippen LogP contribution >= 0.6 is 23.2 Å². The van der Waals surface area contributed by atoms with Crippen LogP contribution in [-0.2, 0) is 17.9 Å². The maximum absolute atomic E-state index is 11.6. The number of halogens is 2. The molecule has 4 nitrogen and oxygen atoms in total. The van der Waals surface area contributed by atoms with Crippen LogP contribution in [0.25, 0.3) is 10.9 Å². The van der Waals surface area contributed by atoms with Gasteiger partial charge in [0.25, 0.3) is 0 Å². The molecule has 1 heterocycles. The van der Waals surface area contributed by atoms with Gasteiger partial charge >= 0.3 is 5.97 Å². The number of nitrogens with zero attached hydrogens (tertiary/aromatic N) is 1. The lowest BCUT2D eigenvalue weighted by atomic mass is 10.0. The summed E-state index contributed by atoms with van der Waals surface area (Å²) in [4.78, 5) is 11.6. The van der Waals surface area contributed by atoms with Crippen LogP contribution in [0.1, 0.15) is 37.1 Å². The molecule has 0 saturated heterocycles. The quantitative estimate of drug-likeness (QED) is 0.466. The molecule has 0 fully saturated rings. The predicted octanol–water partition coefficient (Wildman–Crippen LogP) is 5.89. The Hall–Kier alpha value is -2.01. The minimum Gasteiger partial charge on any atom is -0.480 e. The van der Waals surface area contributed by atoms with Crippen LogP contribution in [0.15, 0.2) is 42.5 Å². The number of hydrogen-bond acceptors (Lipinski definition) is 2. The van der Waals surface area contributed by atoms with Crippen molar-refractivity contribution in [2.24, 2.45) is 5.92 Å². The van der Waals surface area contributed by atoms with Crippen LogP contribution in [-0.4, -0.2) is 21.7 Å². The first kappa shape index (κ1) is 21.7. The zero-order valence-electron chi connectivity index (χ0n) is 16.9. The average Bonchev–Trinajstić information content (AvgIpc) is 2.92. The second-order valence-electron chi connectivity index (χ2n) is 7.80. The number of para-hydroxylation sites is 1. The molecule has 1 unspecified atom stereocenters. The Labute approximate surface area is 181 Å². The Bertz CT molecular complexity index is 1030. The lowest BCUT2D eigenvalue weighted by molar-refractivity contribution is -0.140. The first-order chi connectivity index (χ1) is 13.8. The molecule has 0 saturated carbocycles. The number of carboxylic acids is 1.